The van der Waals surface area contributed by atoms with Crippen molar-refractivity contribution in [2.75, 3.05) is 25.6 Å². The summed E-state index contributed by atoms with van der Waals surface area (Å²) in [5, 5.41) is 6.67. The smallest absolute Gasteiger partial charge is 0.138 e. The summed E-state index contributed by atoms with van der Waals surface area (Å²) in [5.41, 5.74) is 2.28. The lowest BCUT2D eigenvalue weighted by molar-refractivity contribution is 0.120. The number of thiophene rings is 1. The molecule has 1 atom stereocenters. The van der Waals surface area contributed by atoms with Gasteiger partial charge in [-0.1, -0.05) is 12.1 Å². The van der Waals surface area contributed by atoms with E-state index in [2.05, 4.69) is 32.8 Å². The predicted molar refractivity (Wildman–Crippen MR) is 96.9 cm³/mol. The highest BCUT2D eigenvalue weighted by molar-refractivity contribution is 7.17. The Morgan fingerprint density at radius 2 is 2.17 bits per heavy atom. The largest absolute Gasteiger partial charge is 0.497 e. The van der Waals surface area contributed by atoms with E-state index in [-0.39, 0.29) is 6.10 Å². The van der Waals surface area contributed by atoms with Crippen molar-refractivity contribution in [1.82, 2.24) is 9.97 Å². The lowest BCUT2D eigenvalue weighted by Crippen LogP contribution is -2.19. The van der Waals surface area contributed by atoms with Gasteiger partial charge in [-0.2, -0.15) is 0 Å². The fraction of sp³-hybridized carbons (Fsp3) is 0.333. The van der Waals surface area contributed by atoms with Crippen LogP contribution in [0.5, 0.6) is 5.75 Å². The van der Waals surface area contributed by atoms with Gasteiger partial charge < -0.3 is 14.8 Å². The van der Waals surface area contributed by atoms with Gasteiger partial charge in [-0.05, 0) is 30.5 Å². The van der Waals surface area contributed by atoms with E-state index >= 15 is 0 Å². The van der Waals surface area contributed by atoms with Crippen molar-refractivity contribution in [3.8, 4) is 16.9 Å². The minimum absolute atomic E-state index is 0.276. The van der Waals surface area contributed by atoms with Crippen LogP contribution in [0.25, 0.3) is 21.3 Å². The van der Waals surface area contributed by atoms with E-state index in [4.69, 9.17) is 9.47 Å². The molecular formula is C18H19N3O2S. The molecule has 1 N–H and O–H groups in total. The average Bonchev–Trinajstić information content (AvgIpc) is 3.30. The second kappa shape index (κ2) is 6.75. The maximum absolute atomic E-state index is 5.69. The second-order valence-corrected chi connectivity index (χ2v) is 6.65. The number of hydrogen-bond acceptors (Lipinski definition) is 6. The highest BCUT2D eigenvalue weighted by Crippen LogP contribution is 2.37. The Labute approximate surface area is 144 Å². The van der Waals surface area contributed by atoms with Crippen molar-refractivity contribution < 1.29 is 9.47 Å². The highest BCUT2D eigenvalue weighted by Gasteiger charge is 2.17. The molecule has 5 nitrogen and oxygen atoms in total. The summed E-state index contributed by atoms with van der Waals surface area (Å²) in [4.78, 5) is 9.87. The maximum Gasteiger partial charge on any atom is 0.138 e. The summed E-state index contributed by atoms with van der Waals surface area (Å²) < 4.78 is 10.9. The molecule has 2 aromatic heterocycles. The van der Waals surface area contributed by atoms with E-state index in [0.29, 0.717) is 0 Å². The molecule has 0 bridgehead atoms. The Bertz CT molecular complexity index is 826. The van der Waals surface area contributed by atoms with E-state index in [1.807, 2.05) is 12.1 Å². The van der Waals surface area contributed by atoms with Gasteiger partial charge in [0.1, 0.15) is 22.7 Å². The van der Waals surface area contributed by atoms with Crippen LogP contribution in [0.1, 0.15) is 12.8 Å². The second-order valence-electron chi connectivity index (χ2n) is 5.80. The molecular weight excluding hydrogens is 322 g/mol. The molecule has 0 unspecified atom stereocenters. The van der Waals surface area contributed by atoms with Crippen LogP contribution in [-0.2, 0) is 4.74 Å². The number of anilines is 1. The van der Waals surface area contributed by atoms with Gasteiger partial charge in [0.25, 0.3) is 0 Å². The van der Waals surface area contributed by atoms with Gasteiger partial charge in [0.2, 0.25) is 0 Å². The third kappa shape index (κ3) is 2.95. The minimum Gasteiger partial charge on any atom is -0.497 e. The molecule has 0 radical (unpaired) electrons. The van der Waals surface area contributed by atoms with Crippen LogP contribution in [-0.4, -0.2) is 36.3 Å². The van der Waals surface area contributed by atoms with Gasteiger partial charge >= 0.3 is 0 Å². The molecule has 6 heteroatoms. The Morgan fingerprint density at radius 3 is 2.92 bits per heavy atom. The van der Waals surface area contributed by atoms with Crippen LogP contribution in [0.3, 0.4) is 0 Å². The predicted octanol–water partition coefficient (Wildman–Crippen LogP) is 3.96. The Kier molecular flexibility index (Phi) is 4.32. The van der Waals surface area contributed by atoms with Crippen LogP contribution in [0.4, 0.5) is 5.82 Å². The third-order valence-corrected chi connectivity index (χ3v) is 5.18. The fourth-order valence-corrected chi connectivity index (χ4v) is 3.92. The Hall–Kier alpha value is -2.18. The van der Waals surface area contributed by atoms with Crippen molar-refractivity contribution in [3.63, 3.8) is 0 Å². The molecule has 1 aliphatic rings. The Morgan fingerprint density at radius 1 is 1.29 bits per heavy atom. The SMILES string of the molecule is COc1ccc(-c2csc3ncnc(NC[C@H]4CCCO4)c23)cc1. The van der Waals surface area contributed by atoms with Gasteiger partial charge in [-0.15, -0.1) is 11.3 Å². The zero-order valence-electron chi connectivity index (χ0n) is 13.5. The average molecular weight is 341 g/mol. The van der Waals surface area contributed by atoms with E-state index < -0.39 is 0 Å². The third-order valence-electron chi connectivity index (χ3n) is 4.29. The van der Waals surface area contributed by atoms with E-state index in [1.165, 1.54) is 0 Å². The summed E-state index contributed by atoms with van der Waals surface area (Å²) >= 11 is 1.64. The molecule has 4 rings (SSSR count). The first kappa shape index (κ1) is 15.4. The van der Waals surface area contributed by atoms with Crippen LogP contribution in [0, 0.1) is 0 Å². The van der Waals surface area contributed by atoms with Crippen LogP contribution in [0.2, 0.25) is 0 Å². The lowest BCUT2D eigenvalue weighted by Gasteiger charge is -2.12. The number of nitrogens with zero attached hydrogens (tertiary/aromatic N) is 2. The molecule has 0 saturated carbocycles. The molecule has 0 spiro atoms. The molecule has 0 amide bonds. The van der Waals surface area contributed by atoms with Crippen molar-refractivity contribution >= 4 is 27.4 Å². The zero-order valence-corrected chi connectivity index (χ0v) is 14.3. The van der Waals surface area contributed by atoms with Crippen molar-refractivity contribution in [3.05, 3.63) is 36.0 Å². The van der Waals surface area contributed by atoms with Gasteiger partial charge in [0.05, 0.1) is 18.6 Å². The molecule has 1 saturated heterocycles. The van der Waals surface area contributed by atoms with Gasteiger partial charge in [0, 0.05) is 24.1 Å². The molecule has 1 fully saturated rings. The van der Waals surface area contributed by atoms with Crippen LogP contribution >= 0.6 is 11.3 Å². The molecule has 1 aromatic carbocycles. The topological polar surface area (TPSA) is 56.3 Å². The standard InChI is InChI=1S/C18H19N3O2S/c1-22-13-6-4-12(5-7-13)15-10-24-18-16(15)17(20-11-21-18)19-9-14-3-2-8-23-14/h4-7,10-11,14H,2-3,8-9H2,1H3,(H,19,20,21)/t14-/m1/s1. The number of benzene rings is 1. The van der Waals surface area contributed by atoms with Crippen LogP contribution < -0.4 is 10.1 Å². The number of fused-ring (bicyclic) bond motifs is 1. The first-order valence-corrected chi connectivity index (χ1v) is 8.95. The lowest BCUT2D eigenvalue weighted by atomic mass is 10.1. The quantitative estimate of drug-likeness (QED) is 0.761. The van der Waals surface area contributed by atoms with E-state index in [9.17, 15) is 0 Å². The van der Waals surface area contributed by atoms with Crippen LogP contribution in [0.15, 0.2) is 36.0 Å². The van der Waals surface area contributed by atoms with Crippen molar-refractivity contribution in [2.24, 2.45) is 0 Å². The van der Waals surface area contributed by atoms with E-state index in [1.54, 1.807) is 24.8 Å². The Balaban J connectivity index is 1.67. The zero-order chi connectivity index (χ0) is 16.4. The highest BCUT2D eigenvalue weighted by atomic mass is 32.1. The van der Waals surface area contributed by atoms with Crippen molar-refractivity contribution in [1.29, 1.82) is 0 Å². The summed E-state index contributed by atoms with van der Waals surface area (Å²) in [5.74, 6) is 1.73. The number of aromatic nitrogens is 2. The summed E-state index contributed by atoms with van der Waals surface area (Å²) in [6.07, 6.45) is 4.14. The normalized spacial score (nSPS) is 17.3. The van der Waals surface area contributed by atoms with Gasteiger partial charge in [-0.3, -0.25) is 0 Å². The number of nitrogens with one attached hydrogen (secondary N) is 1. The van der Waals surface area contributed by atoms with E-state index in [0.717, 1.165) is 58.9 Å². The molecule has 3 aromatic rings. The summed E-state index contributed by atoms with van der Waals surface area (Å²) in [6, 6.07) is 8.08. The van der Waals surface area contributed by atoms with Crippen molar-refractivity contribution in [2.45, 2.75) is 18.9 Å². The first-order valence-electron chi connectivity index (χ1n) is 8.07. The number of ether oxygens (including phenoxy) is 2. The minimum atomic E-state index is 0.276. The molecule has 0 aliphatic carbocycles. The summed E-state index contributed by atoms with van der Waals surface area (Å²) in [6.45, 7) is 1.64. The molecule has 3 heterocycles. The molecule has 1 aliphatic heterocycles. The van der Waals surface area contributed by atoms with Gasteiger partial charge in [0.15, 0.2) is 0 Å². The summed E-state index contributed by atoms with van der Waals surface area (Å²) in [7, 11) is 1.68. The molecule has 24 heavy (non-hydrogen) atoms. The van der Waals surface area contributed by atoms with Gasteiger partial charge in [-0.25, -0.2) is 9.97 Å². The monoisotopic (exact) mass is 341 g/mol. The maximum atomic E-state index is 5.69. The first-order chi connectivity index (χ1) is 11.8. The fourth-order valence-electron chi connectivity index (χ4n) is 3.01. The number of rotatable bonds is 5. The molecule has 124 valence electrons. The number of methoxy groups -OCH3 is 1. The number of hydrogen-bond donors (Lipinski definition) is 1.